The molecule has 1 aromatic carbocycles. The molecule has 22 heavy (non-hydrogen) atoms. The highest BCUT2D eigenvalue weighted by Gasteiger charge is 2.13. The summed E-state index contributed by atoms with van der Waals surface area (Å²) in [5.41, 5.74) is 0.492. The fraction of sp³-hybridized carbons (Fsp3) is 0. The zero-order valence-electron chi connectivity index (χ0n) is 11.0. The number of hydrogen-bond acceptors (Lipinski definition) is 6. The molecule has 0 atom stereocenters. The lowest BCUT2D eigenvalue weighted by Gasteiger charge is -2.00. The van der Waals surface area contributed by atoms with Crippen LogP contribution >= 0.6 is 11.6 Å². The van der Waals surface area contributed by atoms with Gasteiger partial charge in [0.2, 0.25) is 0 Å². The summed E-state index contributed by atoms with van der Waals surface area (Å²) in [6.45, 7) is 0. The molecule has 3 rings (SSSR count). The van der Waals surface area contributed by atoms with Gasteiger partial charge in [-0.15, -0.1) is 10.2 Å². The van der Waals surface area contributed by atoms with E-state index in [0.29, 0.717) is 17.1 Å². The summed E-state index contributed by atoms with van der Waals surface area (Å²) in [5, 5.41) is 22.2. The Labute approximate surface area is 128 Å². The second-order valence-electron chi connectivity index (χ2n) is 4.21. The zero-order chi connectivity index (χ0) is 15.5. The van der Waals surface area contributed by atoms with Gasteiger partial charge in [0.25, 0.3) is 5.69 Å². The summed E-state index contributed by atoms with van der Waals surface area (Å²) in [5.74, 6) is 0.989. The molecule has 0 N–H and O–H groups in total. The molecule has 0 spiro atoms. The molecule has 0 aliphatic carbocycles. The molecule has 2 heterocycles. The largest absolute Gasteiger partial charge is 0.455 e. The summed E-state index contributed by atoms with van der Waals surface area (Å²) >= 11 is 6.06. The van der Waals surface area contributed by atoms with E-state index in [2.05, 4.69) is 15.3 Å². The van der Waals surface area contributed by atoms with Crippen molar-refractivity contribution in [3.63, 3.8) is 0 Å². The average Bonchev–Trinajstić information content (AvgIpc) is 3.16. The molecular weight excluding hydrogens is 310 g/mol. The number of rotatable bonds is 4. The molecule has 0 fully saturated rings. The van der Waals surface area contributed by atoms with Gasteiger partial charge < -0.3 is 4.42 Å². The standard InChI is InChI=1S/C13H8ClN5O3/c14-12-5-9(19(20)21)1-3-11(12)13-4-2-10(22-13)6-17-18-7-15-16-8-18/h1-8H. The van der Waals surface area contributed by atoms with Gasteiger partial charge in [0.15, 0.2) is 0 Å². The number of benzene rings is 1. The SMILES string of the molecule is O=[N+]([O-])c1ccc(-c2ccc(C=Nn3cnnc3)o2)c(Cl)c1. The summed E-state index contributed by atoms with van der Waals surface area (Å²) in [6.07, 6.45) is 4.37. The van der Waals surface area contributed by atoms with Crippen LogP contribution in [0.2, 0.25) is 5.02 Å². The van der Waals surface area contributed by atoms with Gasteiger partial charge in [0, 0.05) is 17.7 Å². The van der Waals surface area contributed by atoms with E-state index in [4.69, 9.17) is 16.0 Å². The van der Waals surface area contributed by atoms with E-state index in [1.165, 1.54) is 35.7 Å². The van der Waals surface area contributed by atoms with Crippen molar-refractivity contribution in [1.82, 2.24) is 14.9 Å². The minimum absolute atomic E-state index is 0.0744. The van der Waals surface area contributed by atoms with Crippen molar-refractivity contribution in [2.45, 2.75) is 0 Å². The van der Waals surface area contributed by atoms with Crippen LogP contribution in [0.5, 0.6) is 0 Å². The third-order valence-electron chi connectivity index (χ3n) is 2.78. The van der Waals surface area contributed by atoms with Crippen LogP contribution in [0, 0.1) is 10.1 Å². The van der Waals surface area contributed by atoms with Gasteiger partial charge in [0.1, 0.15) is 24.2 Å². The van der Waals surface area contributed by atoms with Gasteiger partial charge in [0.05, 0.1) is 16.2 Å². The number of hydrogen-bond donors (Lipinski definition) is 0. The molecule has 0 aliphatic rings. The normalized spacial score (nSPS) is 11.1. The van der Waals surface area contributed by atoms with Gasteiger partial charge in [-0.25, -0.2) is 4.68 Å². The second-order valence-corrected chi connectivity index (χ2v) is 4.62. The first-order valence-corrected chi connectivity index (χ1v) is 6.44. The molecule has 2 aromatic heterocycles. The van der Waals surface area contributed by atoms with Gasteiger partial charge in [-0.3, -0.25) is 10.1 Å². The molecule has 0 amide bonds. The maximum absolute atomic E-state index is 10.7. The Morgan fingerprint density at radius 1 is 1.27 bits per heavy atom. The van der Waals surface area contributed by atoms with E-state index in [1.807, 2.05) is 0 Å². The van der Waals surface area contributed by atoms with Crippen LogP contribution in [-0.4, -0.2) is 26.0 Å². The van der Waals surface area contributed by atoms with Crippen LogP contribution in [0.4, 0.5) is 5.69 Å². The minimum Gasteiger partial charge on any atom is -0.455 e. The number of furan rings is 1. The first-order valence-electron chi connectivity index (χ1n) is 6.06. The van der Waals surface area contributed by atoms with E-state index in [1.54, 1.807) is 18.2 Å². The minimum atomic E-state index is -0.505. The Kier molecular flexibility index (Phi) is 3.67. The van der Waals surface area contributed by atoms with Crippen LogP contribution in [0.1, 0.15) is 5.76 Å². The van der Waals surface area contributed by atoms with Crippen LogP contribution < -0.4 is 0 Å². The van der Waals surface area contributed by atoms with E-state index in [0.717, 1.165) is 0 Å². The molecular formula is C13H8ClN5O3. The molecule has 110 valence electrons. The maximum atomic E-state index is 10.7. The summed E-state index contributed by atoms with van der Waals surface area (Å²) in [6, 6.07) is 7.61. The third-order valence-corrected chi connectivity index (χ3v) is 3.09. The van der Waals surface area contributed by atoms with Crippen molar-refractivity contribution in [2.75, 3.05) is 0 Å². The number of halogens is 1. The summed E-state index contributed by atoms with van der Waals surface area (Å²) < 4.78 is 7.01. The predicted molar refractivity (Wildman–Crippen MR) is 78.8 cm³/mol. The van der Waals surface area contributed by atoms with Gasteiger partial charge in [-0.2, -0.15) is 5.10 Å². The molecule has 0 aliphatic heterocycles. The Morgan fingerprint density at radius 3 is 2.73 bits per heavy atom. The van der Waals surface area contributed by atoms with Crippen molar-refractivity contribution in [3.8, 4) is 11.3 Å². The molecule has 8 nitrogen and oxygen atoms in total. The summed E-state index contributed by atoms with van der Waals surface area (Å²) in [4.78, 5) is 10.2. The molecule has 0 radical (unpaired) electrons. The predicted octanol–water partition coefficient (Wildman–Crippen LogP) is 2.98. The smallest absolute Gasteiger partial charge is 0.270 e. The van der Waals surface area contributed by atoms with Crippen LogP contribution in [-0.2, 0) is 0 Å². The quantitative estimate of drug-likeness (QED) is 0.418. The monoisotopic (exact) mass is 317 g/mol. The van der Waals surface area contributed by atoms with E-state index >= 15 is 0 Å². The number of nitrogens with zero attached hydrogens (tertiary/aromatic N) is 5. The highest BCUT2D eigenvalue weighted by Crippen LogP contribution is 2.31. The lowest BCUT2D eigenvalue weighted by Crippen LogP contribution is -1.88. The third kappa shape index (κ3) is 2.86. The van der Waals surface area contributed by atoms with Gasteiger partial charge >= 0.3 is 0 Å². The topological polar surface area (TPSA) is 99.3 Å². The fourth-order valence-corrected chi connectivity index (χ4v) is 2.03. The van der Waals surface area contributed by atoms with Crippen molar-refractivity contribution >= 4 is 23.5 Å². The van der Waals surface area contributed by atoms with E-state index in [-0.39, 0.29) is 10.7 Å². The maximum Gasteiger partial charge on any atom is 0.270 e. The van der Waals surface area contributed by atoms with Crippen molar-refractivity contribution in [2.24, 2.45) is 5.10 Å². The van der Waals surface area contributed by atoms with Crippen LogP contribution in [0.25, 0.3) is 11.3 Å². The molecule has 0 saturated heterocycles. The van der Waals surface area contributed by atoms with E-state index < -0.39 is 4.92 Å². The van der Waals surface area contributed by atoms with Crippen molar-refractivity contribution in [3.05, 3.63) is 63.9 Å². The number of aromatic nitrogens is 3. The highest BCUT2D eigenvalue weighted by atomic mass is 35.5. The highest BCUT2D eigenvalue weighted by molar-refractivity contribution is 6.33. The Hall–Kier alpha value is -3.00. The number of nitro benzene ring substituents is 1. The molecule has 0 saturated carbocycles. The van der Waals surface area contributed by atoms with Crippen molar-refractivity contribution < 1.29 is 9.34 Å². The number of nitro groups is 1. The van der Waals surface area contributed by atoms with Crippen LogP contribution in [0.3, 0.4) is 0 Å². The summed E-state index contributed by atoms with van der Waals surface area (Å²) in [7, 11) is 0. The van der Waals surface area contributed by atoms with Gasteiger partial charge in [-0.1, -0.05) is 11.6 Å². The lowest BCUT2D eigenvalue weighted by molar-refractivity contribution is -0.384. The van der Waals surface area contributed by atoms with E-state index in [9.17, 15) is 10.1 Å². The zero-order valence-corrected chi connectivity index (χ0v) is 11.7. The molecule has 9 heteroatoms. The lowest BCUT2D eigenvalue weighted by atomic mass is 10.1. The fourth-order valence-electron chi connectivity index (χ4n) is 1.76. The van der Waals surface area contributed by atoms with Crippen LogP contribution in [0.15, 0.2) is 52.5 Å². The Balaban J connectivity index is 1.86. The average molecular weight is 318 g/mol. The number of non-ortho nitro benzene ring substituents is 1. The second kappa shape index (κ2) is 5.78. The Bertz CT molecular complexity index is 841. The van der Waals surface area contributed by atoms with Crippen molar-refractivity contribution in [1.29, 1.82) is 0 Å². The first-order chi connectivity index (χ1) is 10.6. The van der Waals surface area contributed by atoms with Gasteiger partial charge in [-0.05, 0) is 18.2 Å². The molecule has 3 aromatic rings. The first kappa shape index (κ1) is 14.0. The molecule has 0 unspecified atom stereocenters. The molecule has 0 bridgehead atoms. The Morgan fingerprint density at radius 2 is 2.05 bits per heavy atom.